The van der Waals surface area contributed by atoms with Gasteiger partial charge in [-0.3, -0.25) is 9.00 Å². The molecule has 16 heavy (non-hydrogen) atoms. The number of aliphatic hydroxyl groups is 1. The van der Waals surface area contributed by atoms with E-state index in [0.717, 1.165) is 0 Å². The number of ketones is 1. The molecule has 0 bridgehead atoms. The third-order valence-corrected chi connectivity index (χ3v) is 3.40. The van der Waals surface area contributed by atoms with E-state index in [9.17, 15) is 13.6 Å². The Morgan fingerprint density at radius 2 is 1.50 bits per heavy atom. The van der Waals surface area contributed by atoms with Gasteiger partial charge in [-0.2, -0.15) is 0 Å². The molecule has 1 unspecified atom stereocenters. The summed E-state index contributed by atoms with van der Waals surface area (Å²) in [4.78, 5) is 8.68. The predicted molar refractivity (Wildman–Crippen MR) is 60.0 cm³/mol. The van der Waals surface area contributed by atoms with Crippen molar-refractivity contribution in [3.05, 3.63) is 0 Å². The first-order valence-electron chi connectivity index (χ1n) is 5.21. The molecule has 0 aliphatic heterocycles. The molecule has 0 aliphatic rings. The normalized spacial score (nSPS) is 11.9. The molecular weight excluding hydrogens is 239 g/mol. The van der Waals surface area contributed by atoms with Gasteiger partial charge in [0.15, 0.2) is 0 Å². The van der Waals surface area contributed by atoms with Crippen LogP contribution in [0.25, 0.3) is 0 Å². The van der Waals surface area contributed by atoms with E-state index >= 15 is 0 Å². The maximum Gasteiger partial charge on any atom is 1.00 e. The fourth-order valence-corrected chi connectivity index (χ4v) is 1.21. The van der Waals surface area contributed by atoms with Gasteiger partial charge in [-0.1, -0.05) is 27.7 Å². The van der Waals surface area contributed by atoms with Crippen molar-refractivity contribution in [2.75, 3.05) is 0 Å². The molecule has 1 atom stereocenters. The van der Waals surface area contributed by atoms with Crippen LogP contribution in [0, 0.1) is 0 Å². The van der Waals surface area contributed by atoms with Crippen molar-refractivity contribution in [2.45, 2.75) is 58.3 Å². The van der Waals surface area contributed by atoms with Crippen molar-refractivity contribution < 1.29 is 48.2 Å². The molecule has 0 aromatic rings. The van der Waals surface area contributed by atoms with E-state index in [1.54, 1.807) is 13.8 Å². The molecule has 0 aromatic carbocycles. The van der Waals surface area contributed by atoms with Gasteiger partial charge < -0.3 is 9.66 Å². The molecule has 1 N–H and O–H groups in total. The van der Waals surface area contributed by atoms with Gasteiger partial charge in [0.25, 0.3) is 0 Å². The van der Waals surface area contributed by atoms with E-state index in [1.807, 2.05) is 13.8 Å². The summed E-state index contributed by atoms with van der Waals surface area (Å²) in [7, 11) is 0. The second-order valence-corrected chi connectivity index (χ2v) is 4.36. The third kappa shape index (κ3) is 9.93. The minimum atomic E-state index is -2.36. The van der Waals surface area contributed by atoms with Gasteiger partial charge in [-0.15, -0.1) is 0 Å². The van der Waals surface area contributed by atoms with Crippen LogP contribution in [0.2, 0.25) is 0 Å². The van der Waals surface area contributed by atoms with E-state index in [0.29, 0.717) is 18.6 Å². The summed E-state index contributed by atoms with van der Waals surface area (Å²) in [6, 6.07) is 0. The van der Waals surface area contributed by atoms with Crippen molar-refractivity contribution >= 4 is 16.9 Å². The fraction of sp³-hybridized carbons (Fsp3) is 0.900. The van der Waals surface area contributed by atoms with Gasteiger partial charge in [0, 0.05) is 12.8 Å². The van der Waals surface area contributed by atoms with Crippen LogP contribution >= 0.6 is 0 Å². The molecule has 0 aliphatic carbocycles. The topological polar surface area (TPSA) is 77.4 Å². The number of Topliss-reactive ketones (excluding diaryl/α,β-unsaturated/α-hetero) is 1. The van der Waals surface area contributed by atoms with Crippen LogP contribution in [0.5, 0.6) is 0 Å². The summed E-state index contributed by atoms with van der Waals surface area (Å²) in [6.45, 7) is 7.04. The van der Waals surface area contributed by atoms with Gasteiger partial charge in [0.1, 0.15) is 10.7 Å². The fourth-order valence-electron chi connectivity index (χ4n) is 0.736. The van der Waals surface area contributed by atoms with Gasteiger partial charge in [0.2, 0.25) is 0 Å². The summed E-state index contributed by atoms with van der Waals surface area (Å²) < 4.78 is 20.5. The van der Waals surface area contributed by atoms with Crippen LogP contribution in [0.15, 0.2) is 0 Å². The van der Waals surface area contributed by atoms with E-state index in [2.05, 4.69) is 0 Å². The number of hydrogen-bond donors (Lipinski definition) is 1. The summed E-state index contributed by atoms with van der Waals surface area (Å²) >= 11 is -2.36. The Hall–Kier alpha value is 0.740. The number of carbonyl (C=O) groups excluding carboxylic acids is 1. The molecular formula is C10H21NaO4S. The Balaban J connectivity index is -0.000000214. The molecule has 0 aromatic heterocycles. The van der Waals surface area contributed by atoms with E-state index in [4.69, 9.17) is 5.11 Å². The molecule has 4 nitrogen and oxygen atoms in total. The quantitative estimate of drug-likeness (QED) is 0.495. The molecule has 0 heterocycles. The minimum absolute atomic E-state index is 0. The van der Waals surface area contributed by atoms with Crippen molar-refractivity contribution in [2.24, 2.45) is 0 Å². The SMILES string of the molecule is CCC(=O)CC.CCC(O)(CC)S(=O)[O-].[Na+]. The monoisotopic (exact) mass is 260 g/mol. The molecule has 0 saturated carbocycles. The van der Waals surface area contributed by atoms with Crippen molar-refractivity contribution in [1.82, 2.24) is 0 Å². The summed E-state index contributed by atoms with van der Waals surface area (Å²) in [6.07, 6.45) is 1.88. The minimum Gasteiger partial charge on any atom is -0.770 e. The molecule has 6 heteroatoms. The zero-order chi connectivity index (χ0) is 12.5. The standard InChI is InChI=1S/C5H12O3S.C5H10O.Na/c1-3-5(6,4-2)9(7)8;1-3-5(6)4-2;/h6H,3-4H2,1-2H3,(H,7,8);3-4H2,1-2H3;/q;;+1/p-1. The first kappa shape index (κ1) is 22.0. The van der Waals surface area contributed by atoms with E-state index in [-0.39, 0.29) is 42.4 Å². The largest absolute Gasteiger partial charge is 1.00 e. The van der Waals surface area contributed by atoms with Crippen LogP contribution in [0.4, 0.5) is 0 Å². The smallest absolute Gasteiger partial charge is 0.770 e. The van der Waals surface area contributed by atoms with Gasteiger partial charge in [-0.05, 0) is 23.9 Å². The van der Waals surface area contributed by atoms with Crippen LogP contribution < -0.4 is 29.6 Å². The van der Waals surface area contributed by atoms with Crippen molar-refractivity contribution in [3.8, 4) is 0 Å². The summed E-state index contributed by atoms with van der Waals surface area (Å²) in [5.74, 6) is 0.343. The molecule has 0 spiro atoms. The Kier molecular flexibility index (Phi) is 16.8. The zero-order valence-electron chi connectivity index (χ0n) is 10.9. The van der Waals surface area contributed by atoms with Crippen LogP contribution in [0.3, 0.4) is 0 Å². The van der Waals surface area contributed by atoms with E-state index < -0.39 is 16.0 Å². The molecule has 0 saturated heterocycles. The Morgan fingerprint density at radius 1 is 1.19 bits per heavy atom. The van der Waals surface area contributed by atoms with Crippen molar-refractivity contribution in [3.63, 3.8) is 0 Å². The maximum atomic E-state index is 10.2. The van der Waals surface area contributed by atoms with Gasteiger partial charge >= 0.3 is 29.6 Å². The molecule has 92 valence electrons. The number of rotatable bonds is 5. The van der Waals surface area contributed by atoms with Gasteiger partial charge in [0.05, 0.1) is 0 Å². The first-order chi connectivity index (χ1) is 6.87. The Labute approximate surface area is 123 Å². The average Bonchev–Trinajstić information content (AvgIpc) is 2.27. The third-order valence-electron chi connectivity index (χ3n) is 2.20. The molecule has 0 fully saturated rings. The van der Waals surface area contributed by atoms with Gasteiger partial charge in [-0.25, -0.2) is 0 Å². The predicted octanol–water partition coefficient (Wildman–Crippen LogP) is -1.25. The maximum absolute atomic E-state index is 10.2. The molecule has 0 radical (unpaired) electrons. The van der Waals surface area contributed by atoms with Crippen LogP contribution in [0.1, 0.15) is 53.4 Å². The molecule has 0 rings (SSSR count). The Bertz CT molecular complexity index is 199. The zero-order valence-corrected chi connectivity index (χ0v) is 13.7. The Morgan fingerprint density at radius 3 is 1.50 bits per heavy atom. The second-order valence-electron chi connectivity index (χ2n) is 3.13. The summed E-state index contributed by atoms with van der Waals surface area (Å²) in [5.41, 5.74) is 0. The first-order valence-corrected chi connectivity index (χ1v) is 6.28. The second kappa shape index (κ2) is 12.2. The number of hydrogen-bond acceptors (Lipinski definition) is 4. The van der Waals surface area contributed by atoms with Crippen molar-refractivity contribution in [1.29, 1.82) is 0 Å². The van der Waals surface area contributed by atoms with Crippen LogP contribution in [-0.4, -0.2) is 24.6 Å². The summed E-state index contributed by atoms with van der Waals surface area (Å²) in [5, 5.41) is 9.09. The van der Waals surface area contributed by atoms with E-state index in [1.165, 1.54) is 0 Å². The van der Waals surface area contributed by atoms with Crippen LogP contribution in [-0.2, 0) is 15.9 Å². The molecule has 0 amide bonds. The average molecular weight is 260 g/mol. The number of carbonyl (C=O) groups is 1.